The number of carbonyl (C=O) groups is 1. The Balaban J connectivity index is 2.05. The molecule has 0 aliphatic rings. The molecule has 182 valence electrons. The van der Waals surface area contributed by atoms with Gasteiger partial charge in [0.25, 0.3) is 0 Å². The molecule has 0 aliphatic carbocycles. The van der Waals surface area contributed by atoms with Gasteiger partial charge >= 0.3 is 11.7 Å². The first kappa shape index (κ1) is 25.5. The molecule has 0 unspecified atom stereocenters. The van der Waals surface area contributed by atoms with E-state index in [1.165, 1.54) is 0 Å². The van der Waals surface area contributed by atoms with Crippen LogP contribution in [0.1, 0.15) is 73.3 Å². The van der Waals surface area contributed by atoms with Crippen LogP contribution in [0.3, 0.4) is 0 Å². The quantitative estimate of drug-likeness (QED) is 0.389. The average Bonchev–Trinajstić information content (AvgIpc) is 3.10. The minimum Gasteiger partial charge on any atom is -0.478 e. The lowest BCUT2D eigenvalue weighted by atomic mass is 9.98. The van der Waals surface area contributed by atoms with Crippen molar-refractivity contribution in [3.05, 3.63) is 81.5 Å². The third kappa shape index (κ3) is 5.16. The molecular weight excluding hydrogens is 432 g/mol. The molecular formula is C27H34N2O5. The smallest absolute Gasteiger partial charge is 0.336 e. The van der Waals surface area contributed by atoms with Gasteiger partial charge in [0, 0.05) is 26.0 Å². The lowest BCUT2D eigenvalue weighted by molar-refractivity contribution is -0.111. The van der Waals surface area contributed by atoms with Gasteiger partial charge in [0.05, 0.1) is 17.8 Å². The molecule has 0 fully saturated rings. The van der Waals surface area contributed by atoms with Crippen molar-refractivity contribution in [2.75, 3.05) is 14.2 Å². The summed E-state index contributed by atoms with van der Waals surface area (Å²) in [5.41, 5.74) is 4.31. The number of aromatic nitrogens is 2. The Labute approximate surface area is 200 Å². The highest BCUT2D eigenvalue weighted by Crippen LogP contribution is 2.27. The zero-order valence-electron chi connectivity index (χ0n) is 20.6. The SMILES string of the molecule is CCCCc1c(C(OC)OC)n(C(C)C)c(=O)n1Cc1ccc(-c2ccccc2C(=O)O)cc1. The van der Waals surface area contributed by atoms with Crippen molar-refractivity contribution in [1.29, 1.82) is 0 Å². The van der Waals surface area contributed by atoms with E-state index in [0.717, 1.165) is 41.8 Å². The Morgan fingerprint density at radius 2 is 1.68 bits per heavy atom. The van der Waals surface area contributed by atoms with Crippen molar-refractivity contribution in [3.8, 4) is 11.1 Å². The van der Waals surface area contributed by atoms with Crippen LogP contribution in [0, 0.1) is 0 Å². The number of imidazole rings is 1. The number of methoxy groups -OCH3 is 2. The highest BCUT2D eigenvalue weighted by atomic mass is 16.7. The Morgan fingerprint density at radius 1 is 1.03 bits per heavy atom. The summed E-state index contributed by atoms with van der Waals surface area (Å²) in [7, 11) is 3.16. The van der Waals surface area contributed by atoms with Gasteiger partial charge in [-0.1, -0.05) is 55.8 Å². The van der Waals surface area contributed by atoms with Crippen LogP contribution >= 0.6 is 0 Å². The third-order valence-electron chi connectivity index (χ3n) is 6.02. The molecule has 0 bridgehead atoms. The van der Waals surface area contributed by atoms with Crippen LogP contribution in [0.15, 0.2) is 53.3 Å². The molecule has 0 saturated heterocycles. The number of hydrogen-bond acceptors (Lipinski definition) is 4. The summed E-state index contributed by atoms with van der Waals surface area (Å²) < 4.78 is 14.7. The first-order valence-electron chi connectivity index (χ1n) is 11.6. The van der Waals surface area contributed by atoms with Crippen LogP contribution in [0.4, 0.5) is 0 Å². The monoisotopic (exact) mass is 466 g/mol. The van der Waals surface area contributed by atoms with Crippen LogP contribution in [-0.4, -0.2) is 34.4 Å². The van der Waals surface area contributed by atoms with Gasteiger partial charge < -0.3 is 14.6 Å². The summed E-state index contributed by atoms with van der Waals surface area (Å²) in [5, 5.41) is 9.51. The number of rotatable bonds is 11. The molecule has 1 heterocycles. The summed E-state index contributed by atoms with van der Waals surface area (Å²) in [6, 6.07) is 14.6. The summed E-state index contributed by atoms with van der Waals surface area (Å²) in [6.07, 6.45) is 2.06. The van der Waals surface area contributed by atoms with E-state index in [1.807, 2.05) is 48.7 Å². The van der Waals surface area contributed by atoms with Gasteiger partial charge in [-0.25, -0.2) is 9.59 Å². The van der Waals surface area contributed by atoms with Crippen molar-refractivity contribution in [1.82, 2.24) is 9.13 Å². The zero-order valence-corrected chi connectivity index (χ0v) is 20.6. The van der Waals surface area contributed by atoms with E-state index < -0.39 is 12.3 Å². The second kappa shape index (κ2) is 11.3. The fraction of sp³-hybridized carbons (Fsp3) is 0.407. The summed E-state index contributed by atoms with van der Waals surface area (Å²) >= 11 is 0. The van der Waals surface area contributed by atoms with E-state index in [2.05, 4.69) is 6.92 Å². The third-order valence-corrected chi connectivity index (χ3v) is 6.02. The Kier molecular flexibility index (Phi) is 8.47. The first-order valence-corrected chi connectivity index (χ1v) is 11.6. The Hall–Kier alpha value is -3.16. The largest absolute Gasteiger partial charge is 0.478 e. The molecule has 7 nitrogen and oxygen atoms in total. The van der Waals surface area contributed by atoms with E-state index in [0.29, 0.717) is 12.1 Å². The lowest BCUT2D eigenvalue weighted by Crippen LogP contribution is -2.28. The van der Waals surface area contributed by atoms with Gasteiger partial charge in [0.15, 0.2) is 6.29 Å². The highest BCUT2D eigenvalue weighted by molar-refractivity contribution is 5.95. The maximum atomic E-state index is 13.5. The molecule has 7 heteroatoms. The fourth-order valence-electron chi connectivity index (χ4n) is 4.36. The molecule has 2 aromatic carbocycles. The maximum absolute atomic E-state index is 13.5. The number of benzene rings is 2. The molecule has 1 aromatic heterocycles. The maximum Gasteiger partial charge on any atom is 0.336 e. The van der Waals surface area contributed by atoms with Crippen LogP contribution in [0.2, 0.25) is 0 Å². The topological polar surface area (TPSA) is 82.7 Å². The number of unbranched alkanes of at least 4 members (excludes halogenated alkanes) is 1. The van der Waals surface area contributed by atoms with Gasteiger partial charge in [-0.3, -0.25) is 9.13 Å². The lowest BCUT2D eigenvalue weighted by Gasteiger charge is -2.19. The molecule has 0 saturated carbocycles. The number of carboxylic acids is 1. The van der Waals surface area contributed by atoms with Gasteiger partial charge in [-0.2, -0.15) is 0 Å². The normalized spacial score (nSPS) is 11.5. The van der Waals surface area contributed by atoms with Crippen molar-refractivity contribution >= 4 is 5.97 Å². The van der Waals surface area contributed by atoms with E-state index in [4.69, 9.17) is 9.47 Å². The molecule has 3 aromatic rings. The van der Waals surface area contributed by atoms with Crippen molar-refractivity contribution in [3.63, 3.8) is 0 Å². The van der Waals surface area contributed by atoms with Crippen molar-refractivity contribution in [2.45, 2.75) is 58.9 Å². The molecule has 3 rings (SSSR count). The van der Waals surface area contributed by atoms with Crippen LogP contribution in [-0.2, 0) is 22.4 Å². The van der Waals surface area contributed by atoms with Gasteiger partial charge in [-0.15, -0.1) is 0 Å². The van der Waals surface area contributed by atoms with Gasteiger partial charge in [0.2, 0.25) is 0 Å². The van der Waals surface area contributed by atoms with Crippen LogP contribution < -0.4 is 5.69 Å². The summed E-state index contributed by atoms with van der Waals surface area (Å²) in [4.78, 5) is 25.1. The number of hydrogen-bond donors (Lipinski definition) is 1. The average molecular weight is 467 g/mol. The number of nitrogens with zero attached hydrogens (tertiary/aromatic N) is 2. The number of carboxylic acid groups (broad SMARTS) is 1. The van der Waals surface area contributed by atoms with Crippen LogP contribution in [0.5, 0.6) is 0 Å². The fourth-order valence-corrected chi connectivity index (χ4v) is 4.36. The second-order valence-corrected chi connectivity index (χ2v) is 8.62. The second-order valence-electron chi connectivity index (χ2n) is 8.62. The predicted octanol–water partition coefficient (Wildman–Crippen LogP) is 5.28. The molecule has 34 heavy (non-hydrogen) atoms. The minimum absolute atomic E-state index is 0.0492. The zero-order chi connectivity index (χ0) is 24.8. The van der Waals surface area contributed by atoms with Gasteiger partial charge in [0.1, 0.15) is 0 Å². The molecule has 0 amide bonds. The standard InChI is InChI=1S/C27H34N2O5/c1-6-7-12-23-24(26(33-4)34-5)29(18(2)3)27(32)28(23)17-19-13-15-20(16-14-19)21-10-8-9-11-22(21)25(30)31/h8-11,13-16,18,26H,6-7,12,17H2,1-5H3,(H,30,31). The van der Waals surface area contributed by atoms with Crippen molar-refractivity contribution < 1.29 is 19.4 Å². The molecule has 0 spiro atoms. The summed E-state index contributed by atoms with van der Waals surface area (Å²) in [6.45, 7) is 6.50. The molecule has 1 N–H and O–H groups in total. The van der Waals surface area contributed by atoms with Crippen molar-refractivity contribution in [2.24, 2.45) is 0 Å². The van der Waals surface area contributed by atoms with E-state index >= 15 is 0 Å². The van der Waals surface area contributed by atoms with Gasteiger partial charge in [-0.05, 0) is 49.4 Å². The number of aromatic carboxylic acids is 1. The first-order chi connectivity index (χ1) is 16.3. The molecule has 0 aliphatic heterocycles. The Bertz CT molecular complexity index is 1170. The molecule has 0 radical (unpaired) electrons. The van der Waals surface area contributed by atoms with E-state index in [1.54, 1.807) is 37.0 Å². The minimum atomic E-state index is -0.958. The number of ether oxygens (including phenoxy) is 2. The van der Waals surface area contributed by atoms with E-state index in [-0.39, 0.29) is 17.3 Å². The Morgan fingerprint density at radius 3 is 2.24 bits per heavy atom. The predicted molar refractivity (Wildman–Crippen MR) is 132 cm³/mol. The highest BCUT2D eigenvalue weighted by Gasteiger charge is 2.27. The molecule has 0 atom stereocenters. The van der Waals surface area contributed by atoms with Crippen LogP contribution in [0.25, 0.3) is 11.1 Å². The van der Waals surface area contributed by atoms with E-state index in [9.17, 15) is 14.7 Å². The summed E-state index contributed by atoms with van der Waals surface area (Å²) in [5.74, 6) is -0.958.